The number of aliphatic hydroxyl groups is 1. The largest absolute Gasteiger partial charge is 0.391 e. The van der Waals surface area contributed by atoms with Crippen molar-refractivity contribution in [2.75, 3.05) is 6.26 Å². The van der Waals surface area contributed by atoms with E-state index in [9.17, 15) is 18.3 Å². The van der Waals surface area contributed by atoms with E-state index in [-0.39, 0.29) is 0 Å². The molecule has 0 aliphatic carbocycles. The molecule has 0 rings (SSSR count). The SMILES string of the molecule is C[C@@H](O)[C@H](NC(S)S)C(=O)NS(C)(=O)=O. The Bertz CT molecular complexity index is 314. The first-order valence-corrected chi connectivity index (χ1v) is 6.88. The maximum Gasteiger partial charge on any atom is 0.253 e. The molecule has 0 saturated carbocycles. The predicted octanol–water partition coefficient (Wildman–Crippen LogP) is -1.46. The van der Waals surface area contributed by atoms with Gasteiger partial charge in [-0.1, -0.05) is 0 Å². The fourth-order valence-electron chi connectivity index (χ4n) is 0.841. The summed E-state index contributed by atoms with van der Waals surface area (Å²) in [6, 6.07) is -1.08. The number of aliphatic hydroxyl groups excluding tert-OH is 1. The molecule has 0 radical (unpaired) electrons. The molecular formula is C6H14N2O4S3. The van der Waals surface area contributed by atoms with Gasteiger partial charge in [-0.2, -0.15) is 0 Å². The molecule has 0 aromatic carbocycles. The van der Waals surface area contributed by atoms with Crippen LogP contribution in [0.25, 0.3) is 0 Å². The van der Waals surface area contributed by atoms with Crippen molar-refractivity contribution in [1.82, 2.24) is 10.0 Å². The molecule has 1 amide bonds. The highest BCUT2D eigenvalue weighted by atomic mass is 32.2. The Balaban J connectivity index is 4.57. The minimum atomic E-state index is -3.64. The van der Waals surface area contributed by atoms with Gasteiger partial charge in [-0.3, -0.25) is 14.8 Å². The van der Waals surface area contributed by atoms with Crippen LogP contribution in [0.4, 0.5) is 0 Å². The summed E-state index contributed by atoms with van der Waals surface area (Å²) >= 11 is 7.70. The Labute approximate surface area is 99.7 Å². The summed E-state index contributed by atoms with van der Waals surface area (Å²) < 4.78 is 22.7. The first-order chi connectivity index (χ1) is 6.63. The van der Waals surface area contributed by atoms with Crippen molar-refractivity contribution < 1.29 is 18.3 Å². The Hall–Kier alpha value is 0.0400. The number of nitrogens with one attached hydrogen (secondary N) is 2. The highest BCUT2D eigenvalue weighted by molar-refractivity contribution is 7.99. The maximum absolute atomic E-state index is 11.4. The second-order valence-corrected chi connectivity index (χ2v) is 6.19. The number of thiol groups is 2. The fourth-order valence-corrected chi connectivity index (χ4v) is 1.65. The molecule has 0 aliphatic rings. The van der Waals surface area contributed by atoms with E-state index in [2.05, 4.69) is 30.6 Å². The normalized spacial score (nSPS) is 16.1. The summed E-state index contributed by atoms with van der Waals surface area (Å²) in [5.74, 6) is -0.847. The van der Waals surface area contributed by atoms with Gasteiger partial charge >= 0.3 is 0 Å². The van der Waals surface area contributed by atoms with Gasteiger partial charge in [0.15, 0.2) is 0 Å². The second-order valence-electron chi connectivity index (χ2n) is 3.00. The number of sulfonamides is 1. The zero-order valence-corrected chi connectivity index (χ0v) is 10.8. The van der Waals surface area contributed by atoms with E-state index in [1.54, 1.807) is 4.72 Å². The molecule has 0 aliphatic heterocycles. The highest BCUT2D eigenvalue weighted by Crippen LogP contribution is 2.01. The van der Waals surface area contributed by atoms with Gasteiger partial charge < -0.3 is 5.11 Å². The van der Waals surface area contributed by atoms with E-state index < -0.39 is 32.8 Å². The lowest BCUT2D eigenvalue weighted by Gasteiger charge is -2.21. The quantitative estimate of drug-likeness (QED) is 0.312. The van der Waals surface area contributed by atoms with E-state index in [0.717, 1.165) is 6.26 Å². The lowest BCUT2D eigenvalue weighted by atomic mass is 10.2. The van der Waals surface area contributed by atoms with Gasteiger partial charge in [0, 0.05) is 0 Å². The third-order valence-electron chi connectivity index (χ3n) is 1.38. The molecule has 0 saturated heterocycles. The summed E-state index contributed by atoms with van der Waals surface area (Å²) in [6.07, 6.45) is -0.211. The standard InChI is InChI=1S/C6H14N2O4S3/c1-3(9)4(7-6(13)14)5(10)8-15(2,11)12/h3-4,6-7,9,13-14H,1-2H3,(H,8,10)/t3-,4+/m1/s1. The Morgan fingerprint density at radius 1 is 1.40 bits per heavy atom. The van der Waals surface area contributed by atoms with E-state index in [4.69, 9.17) is 0 Å². The topological polar surface area (TPSA) is 95.5 Å². The van der Waals surface area contributed by atoms with Crippen molar-refractivity contribution in [1.29, 1.82) is 0 Å². The van der Waals surface area contributed by atoms with Crippen LogP contribution in [-0.4, -0.2) is 42.5 Å². The van der Waals surface area contributed by atoms with E-state index in [0.29, 0.717) is 0 Å². The second kappa shape index (κ2) is 5.94. The van der Waals surface area contributed by atoms with Gasteiger partial charge in [0.1, 0.15) is 6.04 Å². The van der Waals surface area contributed by atoms with Crippen LogP contribution in [0.5, 0.6) is 0 Å². The van der Waals surface area contributed by atoms with Crippen LogP contribution in [0.3, 0.4) is 0 Å². The van der Waals surface area contributed by atoms with Crippen LogP contribution in [-0.2, 0) is 14.8 Å². The molecule has 15 heavy (non-hydrogen) atoms. The monoisotopic (exact) mass is 274 g/mol. The molecule has 2 atom stereocenters. The van der Waals surface area contributed by atoms with Gasteiger partial charge in [0.2, 0.25) is 10.0 Å². The Morgan fingerprint density at radius 3 is 2.13 bits per heavy atom. The number of amides is 1. The molecule has 0 bridgehead atoms. The fraction of sp³-hybridized carbons (Fsp3) is 0.833. The molecule has 0 fully saturated rings. The highest BCUT2D eigenvalue weighted by Gasteiger charge is 2.26. The van der Waals surface area contributed by atoms with Crippen LogP contribution >= 0.6 is 25.3 Å². The average Bonchev–Trinajstić information content (AvgIpc) is 1.95. The van der Waals surface area contributed by atoms with Crippen molar-refractivity contribution in [3.05, 3.63) is 0 Å². The minimum Gasteiger partial charge on any atom is -0.391 e. The van der Waals surface area contributed by atoms with Gasteiger partial charge in [-0.05, 0) is 6.92 Å². The third-order valence-corrected chi connectivity index (χ3v) is 2.25. The number of carbonyl (C=O) groups excluding carboxylic acids is 1. The molecule has 9 heteroatoms. The van der Waals surface area contributed by atoms with Crippen LogP contribution in [0.15, 0.2) is 0 Å². The van der Waals surface area contributed by atoms with Crippen molar-refractivity contribution >= 4 is 41.2 Å². The van der Waals surface area contributed by atoms with Crippen LogP contribution in [0, 0.1) is 0 Å². The molecule has 90 valence electrons. The molecule has 0 spiro atoms. The lowest BCUT2D eigenvalue weighted by Crippen LogP contribution is -2.52. The van der Waals surface area contributed by atoms with Crippen LogP contribution in [0.2, 0.25) is 0 Å². The first kappa shape index (κ1) is 15.0. The predicted molar refractivity (Wildman–Crippen MR) is 63.4 cm³/mol. The first-order valence-electron chi connectivity index (χ1n) is 3.95. The molecule has 3 N–H and O–H groups in total. The van der Waals surface area contributed by atoms with Crippen LogP contribution < -0.4 is 10.0 Å². The smallest absolute Gasteiger partial charge is 0.253 e. The van der Waals surface area contributed by atoms with Gasteiger partial charge in [-0.15, -0.1) is 25.3 Å². The van der Waals surface area contributed by atoms with E-state index in [1.807, 2.05) is 0 Å². The number of carbonyl (C=O) groups is 1. The molecule has 0 aromatic rings. The summed E-state index contributed by atoms with van der Waals surface area (Å²) in [6.45, 7) is 1.35. The molecule has 0 unspecified atom stereocenters. The van der Waals surface area contributed by atoms with Crippen molar-refractivity contribution in [3.63, 3.8) is 0 Å². The van der Waals surface area contributed by atoms with Crippen molar-refractivity contribution in [3.8, 4) is 0 Å². The summed E-state index contributed by atoms with van der Waals surface area (Å²) in [7, 11) is -3.64. The molecule has 0 heterocycles. The van der Waals surface area contributed by atoms with Crippen molar-refractivity contribution in [2.24, 2.45) is 0 Å². The minimum absolute atomic E-state index is 0.644. The lowest BCUT2D eigenvalue weighted by molar-refractivity contribution is -0.123. The van der Waals surface area contributed by atoms with Crippen LogP contribution in [0.1, 0.15) is 6.92 Å². The molecule has 0 aromatic heterocycles. The number of hydrogen-bond acceptors (Lipinski definition) is 7. The molecular weight excluding hydrogens is 260 g/mol. The Morgan fingerprint density at radius 2 is 1.87 bits per heavy atom. The van der Waals surface area contributed by atoms with Gasteiger partial charge in [0.25, 0.3) is 5.91 Å². The molecule has 6 nitrogen and oxygen atoms in total. The summed E-state index contributed by atoms with van der Waals surface area (Å²) in [5, 5.41) is 11.7. The van der Waals surface area contributed by atoms with Gasteiger partial charge in [-0.25, -0.2) is 8.42 Å². The number of hydrogen-bond donors (Lipinski definition) is 5. The van der Waals surface area contributed by atoms with E-state index >= 15 is 0 Å². The summed E-state index contributed by atoms with van der Waals surface area (Å²) in [4.78, 5) is 11.4. The summed E-state index contributed by atoms with van der Waals surface area (Å²) in [5.41, 5.74) is 0. The zero-order chi connectivity index (χ0) is 12.2. The number of rotatable bonds is 5. The Kier molecular flexibility index (Phi) is 5.96. The van der Waals surface area contributed by atoms with E-state index in [1.165, 1.54) is 6.92 Å². The van der Waals surface area contributed by atoms with Gasteiger partial charge in [0.05, 0.1) is 17.1 Å². The third kappa shape index (κ3) is 7.01. The zero-order valence-electron chi connectivity index (χ0n) is 8.21. The van der Waals surface area contributed by atoms with Crippen molar-refractivity contribution in [2.45, 2.75) is 23.8 Å². The average molecular weight is 274 g/mol. The maximum atomic E-state index is 11.4.